The molecule has 1 aromatic rings. The molecule has 0 aliphatic rings. The number of hydrogen-bond donors (Lipinski definition) is 2. The minimum atomic E-state index is -0.469. The number of aromatic nitrogens is 2. The number of nitrogens with zero attached hydrogens (tertiary/aromatic N) is 1. The molecule has 1 aromatic heterocycles. The highest BCUT2D eigenvalue weighted by atomic mass is 16.3. The predicted molar refractivity (Wildman–Crippen MR) is 26.5 cm³/mol. The van der Waals surface area contributed by atoms with Crippen LogP contribution in [0.3, 0.4) is 0 Å². The summed E-state index contributed by atoms with van der Waals surface area (Å²) in [5, 5.41) is 14.2. The fraction of sp³-hybridized carbons (Fsp3) is 0. The molecule has 0 bridgehead atoms. The lowest BCUT2D eigenvalue weighted by atomic mass is 10.5. The SMILES string of the molecule is O=c1cn[nH]cc1O. The van der Waals surface area contributed by atoms with E-state index in [0.29, 0.717) is 0 Å². The molecule has 8 heavy (non-hydrogen) atoms. The summed E-state index contributed by atoms with van der Waals surface area (Å²) in [5.41, 5.74) is -0.469. The van der Waals surface area contributed by atoms with Gasteiger partial charge in [0, 0.05) is 0 Å². The van der Waals surface area contributed by atoms with Gasteiger partial charge < -0.3 is 5.11 Å². The van der Waals surface area contributed by atoms with E-state index in [9.17, 15) is 4.79 Å². The van der Waals surface area contributed by atoms with Crippen LogP contribution >= 0.6 is 0 Å². The summed E-state index contributed by atoms with van der Waals surface area (Å²) in [6.45, 7) is 0. The topological polar surface area (TPSA) is 66.0 Å². The van der Waals surface area contributed by atoms with Gasteiger partial charge in [-0.25, -0.2) is 0 Å². The van der Waals surface area contributed by atoms with E-state index in [-0.39, 0.29) is 5.75 Å². The van der Waals surface area contributed by atoms with Crippen LogP contribution in [0.2, 0.25) is 0 Å². The molecule has 0 spiro atoms. The predicted octanol–water partition coefficient (Wildman–Crippen LogP) is -0.525. The van der Waals surface area contributed by atoms with Crippen molar-refractivity contribution in [3.63, 3.8) is 0 Å². The van der Waals surface area contributed by atoms with Crippen LogP contribution in [-0.4, -0.2) is 15.3 Å². The van der Waals surface area contributed by atoms with Crippen LogP contribution in [0.15, 0.2) is 17.2 Å². The van der Waals surface area contributed by atoms with Gasteiger partial charge in [0.2, 0.25) is 5.43 Å². The molecule has 0 unspecified atom stereocenters. The van der Waals surface area contributed by atoms with E-state index in [0.717, 1.165) is 12.4 Å². The molecule has 0 saturated carbocycles. The summed E-state index contributed by atoms with van der Waals surface area (Å²) in [5.74, 6) is -0.306. The Kier molecular flexibility index (Phi) is 0.997. The van der Waals surface area contributed by atoms with Crippen molar-refractivity contribution in [3.8, 4) is 5.75 Å². The molecular weight excluding hydrogens is 108 g/mol. The molecule has 4 heteroatoms. The Hall–Kier alpha value is -1.32. The van der Waals surface area contributed by atoms with Crippen LogP contribution in [-0.2, 0) is 0 Å². The minimum Gasteiger partial charge on any atom is -0.503 e. The maximum Gasteiger partial charge on any atom is 0.241 e. The molecule has 0 aliphatic carbocycles. The third kappa shape index (κ3) is 0.676. The summed E-state index contributed by atoms with van der Waals surface area (Å²) < 4.78 is 0. The molecule has 42 valence electrons. The highest BCUT2D eigenvalue weighted by Crippen LogP contribution is 1.89. The van der Waals surface area contributed by atoms with E-state index in [4.69, 9.17) is 5.11 Å². The van der Waals surface area contributed by atoms with E-state index < -0.39 is 5.43 Å². The van der Waals surface area contributed by atoms with Gasteiger partial charge in [0.15, 0.2) is 5.75 Å². The van der Waals surface area contributed by atoms with Gasteiger partial charge in [-0.2, -0.15) is 5.10 Å². The van der Waals surface area contributed by atoms with Crippen molar-refractivity contribution in [1.82, 2.24) is 10.2 Å². The molecule has 1 rings (SSSR count). The first-order chi connectivity index (χ1) is 3.80. The lowest BCUT2D eigenvalue weighted by molar-refractivity contribution is 0.465. The van der Waals surface area contributed by atoms with Crippen molar-refractivity contribution in [3.05, 3.63) is 22.6 Å². The Labute approximate surface area is 44.8 Å². The number of nitrogens with one attached hydrogen (secondary N) is 1. The van der Waals surface area contributed by atoms with Crippen molar-refractivity contribution < 1.29 is 5.11 Å². The maximum atomic E-state index is 10.3. The van der Waals surface area contributed by atoms with Gasteiger partial charge in [0.1, 0.15) is 0 Å². The minimum absolute atomic E-state index is 0.306. The number of aromatic amines is 1. The largest absolute Gasteiger partial charge is 0.503 e. The van der Waals surface area contributed by atoms with Gasteiger partial charge >= 0.3 is 0 Å². The highest BCUT2D eigenvalue weighted by Gasteiger charge is 1.88. The van der Waals surface area contributed by atoms with Crippen LogP contribution in [0.1, 0.15) is 0 Å². The normalized spacial score (nSPS) is 9.00. The average molecular weight is 112 g/mol. The summed E-state index contributed by atoms with van der Waals surface area (Å²) in [7, 11) is 0. The second-order valence-electron chi connectivity index (χ2n) is 1.28. The van der Waals surface area contributed by atoms with Crippen molar-refractivity contribution in [2.24, 2.45) is 0 Å². The van der Waals surface area contributed by atoms with Gasteiger partial charge in [-0.1, -0.05) is 0 Å². The Morgan fingerprint density at radius 2 is 2.50 bits per heavy atom. The molecule has 0 aromatic carbocycles. The van der Waals surface area contributed by atoms with Crippen LogP contribution in [0.5, 0.6) is 5.75 Å². The maximum absolute atomic E-state index is 10.3. The zero-order valence-electron chi connectivity index (χ0n) is 3.96. The summed E-state index contributed by atoms with van der Waals surface area (Å²) in [6, 6.07) is 0. The third-order valence-electron chi connectivity index (χ3n) is 0.710. The first-order valence-electron chi connectivity index (χ1n) is 2.03. The Bertz CT molecular complexity index is 229. The average Bonchev–Trinajstić information content (AvgIpc) is 1.77. The summed E-state index contributed by atoms with van der Waals surface area (Å²) >= 11 is 0. The van der Waals surface area contributed by atoms with Gasteiger partial charge in [-0.3, -0.25) is 9.89 Å². The van der Waals surface area contributed by atoms with Gasteiger partial charge in [0.25, 0.3) is 0 Å². The van der Waals surface area contributed by atoms with E-state index in [2.05, 4.69) is 10.2 Å². The van der Waals surface area contributed by atoms with Crippen molar-refractivity contribution in [1.29, 1.82) is 0 Å². The molecule has 0 saturated heterocycles. The van der Waals surface area contributed by atoms with E-state index in [1.54, 1.807) is 0 Å². The molecule has 2 N–H and O–H groups in total. The van der Waals surface area contributed by atoms with Crippen LogP contribution in [0.25, 0.3) is 0 Å². The van der Waals surface area contributed by atoms with E-state index in [1.807, 2.05) is 0 Å². The lowest BCUT2D eigenvalue weighted by Crippen LogP contribution is -1.99. The Morgan fingerprint density at radius 3 is 2.88 bits per heavy atom. The van der Waals surface area contributed by atoms with E-state index in [1.165, 1.54) is 0 Å². The molecule has 0 aliphatic heterocycles. The standard InChI is InChI=1S/C4H4N2O2/c7-3-1-5-6-2-4(3)8/h1-2H,(H,5,8)(H,6,7). The highest BCUT2D eigenvalue weighted by molar-refractivity contribution is 5.10. The monoisotopic (exact) mass is 112 g/mol. The zero-order chi connectivity index (χ0) is 5.98. The van der Waals surface area contributed by atoms with Crippen LogP contribution in [0, 0.1) is 0 Å². The molecule has 4 nitrogen and oxygen atoms in total. The second kappa shape index (κ2) is 1.65. The Balaban J connectivity index is 3.35. The smallest absolute Gasteiger partial charge is 0.241 e. The molecule has 0 fully saturated rings. The molecule has 0 atom stereocenters. The first kappa shape index (κ1) is 4.83. The fourth-order valence-corrected chi connectivity index (χ4v) is 0.332. The van der Waals surface area contributed by atoms with Gasteiger partial charge in [-0.05, 0) is 0 Å². The van der Waals surface area contributed by atoms with Crippen LogP contribution in [0.4, 0.5) is 0 Å². The van der Waals surface area contributed by atoms with E-state index >= 15 is 0 Å². The lowest BCUT2D eigenvalue weighted by Gasteiger charge is -1.82. The molecule has 0 amide bonds. The van der Waals surface area contributed by atoms with Crippen LogP contribution < -0.4 is 5.43 Å². The first-order valence-corrected chi connectivity index (χ1v) is 2.03. The van der Waals surface area contributed by atoms with Crippen molar-refractivity contribution in [2.45, 2.75) is 0 Å². The Morgan fingerprint density at radius 1 is 1.75 bits per heavy atom. The zero-order valence-corrected chi connectivity index (χ0v) is 3.96. The third-order valence-corrected chi connectivity index (χ3v) is 0.710. The summed E-state index contributed by atoms with van der Waals surface area (Å²) in [4.78, 5) is 10.3. The summed E-state index contributed by atoms with van der Waals surface area (Å²) in [6.07, 6.45) is 2.14. The number of H-pyrrole nitrogens is 1. The van der Waals surface area contributed by atoms with Crippen molar-refractivity contribution in [2.75, 3.05) is 0 Å². The number of aromatic hydroxyl groups is 1. The quantitative estimate of drug-likeness (QED) is 0.474. The van der Waals surface area contributed by atoms with Crippen molar-refractivity contribution >= 4 is 0 Å². The second-order valence-corrected chi connectivity index (χ2v) is 1.28. The fourth-order valence-electron chi connectivity index (χ4n) is 0.332. The molecule has 0 radical (unpaired) electrons. The van der Waals surface area contributed by atoms with Gasteiger partial charge in [-0.15, -0.1) is 0 Å². The number of rotatable bonds is 0. The molecular formula is C4H4N2O2. The molecule has 1 heterocycles. The number of hydrogen-bond acceptors (Lipinski definition) is 3. The van der Waals surface area contributed by atoms with Gasteiger partial charge in [0.05, 0.1) is 12.4 Å².